The molecule has 1 saturated heterocycles. The zero-order chi connectivity index (χ0) is 25.2. The molecule has 3 N–H and O–H groups in total. The molecular formula is C26H29N7O4. The molecule has 0 spiro atoms. The van der Waals surface area contributed by atoms with E-state index >= 15 is 0 Å². The number of ether oxygens (including phenoxy) is 3. The van der Waals surface area contributed by atoms with Crippen molar-refractivity contribution in [2.75, 3.05) is 56.7 Å². The van der Waals surface area contributed by atoms with Crippen molar-refractivity contribution in [3.05, 3.63) is 29.5 Å². The predicted molar refractivity (Wildman–Crippen MR) is 136 cm³/mol. The molecule has 192 valence electrons. The number of nitrogens with one attached hydrogen (secondary N) is 3. The zero-order valence-electron chi connectivity index (χ0n) is 20.5. The molecular weight excluding hydrogens is 474 g/mol. The number of carbonyl (C=O) groups excluding carboxylic acids is 1. The lowest BCUT2D eigenvalue weighted by Crippen LogP contribution is -2.41. The highest BCUT2D eigenvalue weighted by Crippen LogP contribution is 2.42. The number of benzene rings is 1. The van der Waals surface area contributed by atoms with Crippen LogP contribution in [0.5, 0.6) is 11.5 Å². The average molecular weight is 504 g/mol. The molecule has 3 aromatic rings. The summed E-state index contributed by atoms with van der Waals surface area (Å²) in [5.41, 5.74) is 2.12. The standard InChI is InChI=1S/C26H29N7O4/c27-13-17-15-29-24-20(17)23(28-14-16-3-1-2-4-16)31-26(32-24)30-19-6-5-18(21-22(19)37-12-11-36-21)25(34)33-7-9-35-10-8-33/h5-6,15-16H,1-4,7-12,14H2,(H3,28,29,30,31,32). The Morgan fingerprint density at radius 3 is 2.68 bits per heavy atom. The van der Waals surface area contributed by atoms with Gasteiger partial charge in [-0.3, -0.25) is 4.79 Å². The molecule has 0 radical (unpaired) electrons. The third-order valence-electron chi connectivity index (χ3n) is 7.15. The van der Waals surface area contributed by atoms with Gasteiger partial charge in [0.15, 0.2) is 11.5 Å². The van der Waals surface area contributed by atoms with Gasteiger partial charge in [-0.2, -0.15) is 15.2 Å². The molecule has 0 unspecified atom stereocenters. The Balaban J connectivity index is 1.32. The van der Waals surface area contributed by atoms with E-state index in [9.17, 15) is 10.1 Å². The maximum Gasteiger partial charge on any atom is 0.257 e. The van der Waals surface area contributed by atoms with Crippen LogP contribution in [0.1, 0.15) is 41.6 Å². The van der Waals surface area contributed by atoms with Crippen LogP contribution in [-0.4, -0.2) is 71.8 Å². The summed E-state index contributed by atoms with van der Waals surface area (Å²) in [5.74, 6) is 2.32. The number of amides is 1. The molecule has 0 atom stereocenters. The SMILES string of the molecule is N#Cc1c[nH]c2nc(Nc3ccc(C(=O)N4CCOCC4)c4c3OCCO4)nc(NCC3CCCC3)c12. The van der Waals surface area contributed by atoms with Gasteiger partial charge in [0.2, 0.25) is 5.95 Å². The third-order valence-corrected chi connectivity index (χ3v) is 7.15. The summed E-state index contributed by atoms with van der Waals surface area (Å²) in [5, 5.41) is 17.0. The van der Waals surface area contributed by atoms with Crippen LogP contribution < -0.4 is 20.1 Å². The molecule has 11 nitrogen and oxygen atoms in total. The molecule has 1 aliphatic carbocycles. The van der Waals surface area contributed by atoms with Gasteiger partial charge in [0.1, 0.15) is 30.7 Å². The maximum absolute atomic E-state index is 13.2. The van der Waals surface area contributed by atoms with Crippen LogP contribution in [0.15, 0.2) is 18.3 Å². The van der Waals surface area contributed by atoms with E-state index < -0.39 is 0 Å². The van der Waals surface area contributed by atoms with Crippen LogP contribution in [-0.2, 0) is 4.74 Å². The van der Waals surface area contributed by atoms with E-state index in [-0.39, 0.29) is 5.91 Å². The average Bonchev–Trinajstić information content (AvgIpc) is 3.62. The second-order valence-corrected chi connectivity index (χ2v) is 9.51. The highest BCUT2D eigenvalue weighted by molar-refractivity contribution is 5.99. The van der Waals surface area contributed by atoms with Crippen molar-refractivity contribution in [1.82, 2.24) is 19.9 Å². The number of nitriles is 1. The quantitative estimate of drug-likeness (QED) is 0.462. The second-order valence-electron chi connectivity index (χ2n) is 9.51. The molecule has 3 aliphatic rings. The Bertz CT molecular complexity index is 1350. The Morgan fingerprint density at radius 1 is 1.11 bits per heavy atom. The van der Waals surface area contributed by atoms with E-state index in [2.05, 4.69) is 26.7 Å². The minimum atomic E-state index is -0.108. The Kier molecular flexibility index (Phi) is 6.40. The Morgan fingerprint density at radius 2 is 1.89 bits per heavy atom. The number of rotatable bonds is 6. The highest BCUT2D eigenvalue weighted by atomic mass is 16.6. The van der Waals surface area contributed by atoms with E-state index in [1.807, 2.05) is 0 Å². The van der Waals surface area contributed by atoms with Gasteiger partial charge < -0.3 is 34.7 Å². The number of hydrogen-bond acceptors (Lipinski definition) is 9. The number of morpholine rings is 1. The fourth-order valence-corrected chi connectivity index (χ4v) is 5.22. The number of anilines is 3. The molecule has 2 fully saturated rings. The Labute approximate surface area is 214 Å². The van der Waals surface area contributed by atoms with Crippen LogP contribution in [0.4, 0.5) is 17.5 Å². The van der Waals surface area contributed by atoms with E-state index in [1.54, 1.807) is 23.2 Å². The summed E-state index contributed by atoms with van der Waals surface area (Å²) in [6.45, 7) is 3.65. The molecule has 0 bridgehead atoms. The number of carbonyl (C=O) groups is 1. The number of hydrogen-bond donors (Lipinski definition) is 3. The minimum Gasteiger partial charge on any atom is -0.485 e. The van der Waals surface area contributed by atoms with Crippen molar-refractivity contribution in [3.63, 3.8) is 0 Å². The van der Waals surface area contributed by atoms with Gasteiger partial charge in [-0.15, -0.1) is 0 Å². The number of aromatic nitrogens is 3. The largest absolute Gasteiger partial charge is 0.485 e. The van der Waals surface area contributed by atoms with Crippen molar-refractivity contribution >= 4 is 34.4 Å². The van der Waals surface area contributed by atoms with Gasteiger partial charge in [-0.05, 0) is 30.9 Å². The van der Waals surface area contributed by atoms with Gasteiger partial charge >= 0.3 is 0 Å². The summed E-state index contributed by atoms with van der Waals surface area (Å²) < 4.78 is 17.2. The first-order valence-electron chi connectivity index (χ1n) is 12.8. The molecule has 11 heteroatoms. The highest BCUT2D eigenvalue weighted by Gasteiger charge is 2.28. The lowest BCUT2D eigenvalue weighted by molar-refractivity contribution is 0.0298. The van der Waals surface area contributed by atoms with Crippen molar-refractivity contribution in [2.45, 2.75) is 25.7 Å². The van der Waals surface area contributed by atoms with Crippen molar-refractivity contribution in [1.29, 1.82) is 5.26 Å². The first kappa shape index (κ1) is 23.4. The van der Waals surface area contributed by atoms with Gasteiger partial charge in [0.25, 0.3) is 5.91 Å². The monoisotopic (exact) mass is 503 g/mol. The number of H-pyrrole nitrogens is 1. The number of aromatic amines is 1. The predicted octanol–water partition coefficient (Wildman–Crippen LogP) is 3.42. The number of fused-ring (bicyclic) bond motifs is 2. The fraction of sp³-hybridized carbons (Fsp3) is 0.462. The van der Waals surface area contributed by atoms with Crippen LogP contribution >= 0.6 is 0 Å². The normalized spacial score (nSPS) is 17.5. The van der Waals surface area contributed by atoms with Crippen LogP contribution in [0.2, 0.25) is 0 Å². The summed E-state index contributed by atoms with van der Waals surface area (Å²) in [7, 11) is 0. The van der Waals surface area contributed by atoms with Crippen LogP contribution in [0.25, 0.3) is 11.0 Å². The van der Waals surface area contributed by atoms with Crippen molar-refractivity contribution in [2.24, 2.45) is 5.92 Å². The summed E-state index contributed by atoms with van der Waals surface area (Å²) in [4.78, 5) is 27.4. The first-order chi connectivity index (χ1) is 18.2. The molecule has 2 aromatic heterocycles. The van der Waals surface area contributed by atoms with E-state index in [1.165, 1.54) is 25.7 Å². The second kappa shape index (κ2) is 10.1. The lowest BCUT2D eigenvalue weighted by atomic mass is 10.1. The first-order valence-corrected chi connectivity index (χ1v) is 12.8. The molecule has 1 saturated carbocycles. The van der Waals surface area contributed by atoms with Gasteiger partial charge in [0.05, 0.1) is 35.4 Å². The lowest BCUT2D eigenvalue weighted by Gasteiger charge is -2.29. The molecule has 37 heavy (non-hydrogen) atoms. The van der Waals surface area contributed by atoms with Gasteiger partial charge in [-0.1, -0.05) is 12.8 Å². The smallest absolute Gasteiger partial charge is 0.257 e. The molecule has 1 amide bonds. The van der Waals surface area contributed by atoms with E-state index in [0.29, 0.717) is 96.5 Å². The number of nitrogens with zero attached hydrogens (tertiary/aromatic N) is 4. The van der Waals surface area contributed by atoms with Crippen molar-refractivity contribution in [3.8, 4) is 17.6 Å². The topological polar surface area (TPSA) is 137 Å². The van der Waals surface area contributed by atoms with Gasteiger partial charge in [-0.25, -0.2) is 0 Å². The summed E-state index contributed by atoms with van der Waals surface area (Å²) >= 11 is 0. The molecule has 2 aliphatic heterocycles. The van der Waals surface area contributed by atoms with E-state index in [4.69, 9.17) is 19.2 Å². The van der Waals surface area contributed by atoms with E-state index in [0.717, 1.165) is 6.54 Å². The fourth-order valence-electron chi connectivity index (χ4n) is 5.22. The summed E-state index contributed by atoms with van der Waals surface area (Å²) in [6.07, 6.45) is 6.55. The van der Waals surface area contributed by atoms with Gasteiger partial charge in [0, 0.05) is 25.8 Å². The molecule has 4 heterocycles. The van der Waals surface area contributed by atoms with Crippen LogP contribution in [0.3, 0.4) is 0 Å². The maximum atomic E-state index is 13.2. The van der Waals surface area contributed by atoms with Crippen LogP contribution in [0, 0.1) is 17.2 Å². The van der Waals surface area contributed by atoms with Crippen molar-refractivity contribution < 1.29 is 19.0 Å². The minimum absolute atomic E-state index is 0.108. The molecule has 6 rings (SSSR count). The third kappa shape index (κ3) is 4.60. The Hall–Kier alpha value is -4.04. The molecule has 1 aromatic carbocycles. The summed E-state index contributed by atoms with van der Waals surface area (Å²) in [6, 6.07) is 5.75. The zero-order valence-corrected chi connectivity index (χ0v) is 20.5.